The van der Waals surface area contributed by atoms with Crippen LogP contribution < -0.4 is 14.5 Å². The van der Waals surface area contributed by atoms with Gasteiger partial charge in [0.25, 0.3) is 0 Å². The molecule has 0 spiro atoms. The van der Waals surface area contributed by atoms with Crippen molar-refractivity contribution in [1.82, 2.24) is 0 Å². The second-order valence-electron chi connectivity index (χ2n) is 16.4. The van der Waals surface area contributed by atoms with Crippen LogP contribution in [-0.2, 0) is 0 Å². The summed E-state index contributed by atoms with van der Waals surface area (Å²) in [6.45, 7) is 0. The molecule has 0 bridgehead atoms. The molecule has 13 rings (SSSR count). The first-order chi connectivity index (χ1) is 31.7. The second kappa shape index (κ2) is 14.5. The third-order valence-electron chi connectivity index (χ3n) is 12.8. The SMILES string of the molecule is c1ccc(N(c2ccccc2)c2ccc(-c3cc4c5cccc6c5c(cc4c4ccccc34)-c3ccc(N(c4ccccc4)c4cccc5c4oc4ccccc45)cc3O6)cc2)cc1. The van der Waals surface area contributed by atoms with Crippen LogP contribution in [-0.4, -0.2) is 0 Å². The molecular formula is C60H38N2O2. The highest BCUT2D eigenvalue weighted by Crippen LogP contribution is 2.52. The minimum atomic E-state index is 0.815. The van der Waals surface area contributed by atoms with E-state index in [0.717, 1.165) is 78.5 Å². The molecule has 0 fully saturated rings. The lowest BCUT2D eigenvalue weighted by Gasteiger charge is -2.28. The first-order valence-corrected chi connectivity index (χ1v) is 21.7. The number of rotatable bonds is 7. The molecule has 0 unspecified atom stereocenters. The van der Waals surface area contributed by atoms with Crippen molar-refractivity contribution in [2.24, 2.45) is 0 Å². The summed E-state index contributed by atoms with van der Waals surface area (Å²) in [5.74, 6) is 1.67. The summed E-state index contributed by atoms with van der Waals surface area (Å²) in [5, 5.41) is 9.34. The Kier molecular flexibility index (Phi) is 8.18. The molecule has 0 N–H and O–H groups in total. The molecule has 2 heterocycles. The Labute approximate surface area is 370 Å². The summed E-state index contributed by atoms with van der Waals surface area (Å²) in [4.78, 5) is 4.58. The van der Waals surface area contributed by atoms with Crippen LogP contribution in [0.2, 0.25) is 0 Å². The maximum absolute atomic E-state index is 6.95. The van der Waals surface area contributed by atoms with E-state index in [2.05, 4.69) is 228 Å². The van der Waals surface area contributed by atoms with Crippen LogP contribution >= 0.6 is 0 Å². The summed E-state index contributed by atoms with van der Waals surface area (Å²) in [7, 11) is 0. The quantitative estimate of drug-likeness (QED) is 0.150. The topological polar surface area (TPSA) is 28.9 Å². The number of benzene rings is 11. The molecule has 0 radical (unpaired) electrons. The molecular weight excluding hydrogens is 781 g/mol. The van der Waals surface area contributed by atoms with Gasteiger partial charge < -0.3 is 19.0 Å². The third-order valence-corrected chi connectivity index (χ3v) is 12.8. The summed E-state index contributed by atoms with van der Waals surface area (Å²) >= 11 is 0. The van der Waals surface area contributed by atoms with Crippen LogP contribution in [0.3, 0.4) is 0 Å². The normalized spacial score (nSPS) is 11.9. The summed E-state index contributed by atoms with van der Waals surface area (Å²) < 4.78 is 13.5. The lowest BCUT2D eigenvalue weighted by molar-refractivity contribution is 0.487. The maximum Gasteiger partial charge on any atom is 0.159 e. The molecule has 0 saturated carbocycles. The van der Waals surface area contributed by atoms with Crippen molar-refractivity contribution in [2.75, 3.05) is 9.80 Å². The van der Waals surface area contributed by atoms with Gasteiger partial charge in [0.2, 0.25) is 0 Å². The number of nitrogens with zero attached hydrogens (tertiary/aromatic N) is 2. The van der Waals surface area contributed by atoms with Crippen molar-refractivity contribution in [3.05, 3.63) is 231 Å². The van der Waals surface area contributed by atoms with Crippen molar-refractivity contribution in [3.63, 3.8) is 0 Å². The number of ether oxygens (including phenoxy) is 1. The Balaban J connectivity index is 0.953. The molecule has 300 valence electrons. The zero-order valence-corrected chi connectivity index (χ0v) is 34.7. The second-order valence-corrected chi connectivity index (χ2v) is 16.4. The van der Waals surface area contributed by atoms with Gasteiger partial charge in [0.05, 0.1) is 11.4 Å². The lowest BCUT2D eigenvalue weighted by atomic mass is 9.86. The largest absolute Gasteiger partial charge is 0.456 e. The van der Waals surface area contributed by atoms with Gasteiger partial charge in [0, 0.05) is 50.5 Å². The Morgan fingerprint density at radius 2 is 0.844 bits per heavy atom. The van der Waals surface area contributed by atoms with E-state index in [1.165, 1.54) is 43.6 Å². The van der Waals surface area contributed by atoms with Gasteiger partial charge in [0.15, 0.2) is 5.58 Å². The van der Waals surface area contributed by atoms with E-state index in [0.29, 0.717) is 0 Å². The molecule has 4 nitrogen and oxygen atoms in total. The Morgan fingerprint density at radius 3 is 1.58 bits per heavy atom. The zero-order valence-electron chi connectivity index (χ0n) is 34.7. The summed E-state index contributed by atoms with van der Waals surface area (Å²) in [6, 6.07) is 81.9. The van der Waals surface area contributed by atoms with Crippen LogP contribution in [0.4, 0.5) is 34.1 Å². The van der Waals surface area contributed by atoms with Gasteiger partial charge in [-0.2, -0.15) is 0 Å². The molecule has 64 heavy (non-hydrogen) atoms. The average Bonchev–Trinajstić information content (AvgIpc) is 3.75. The predicted octanol–water partition coefficient (Wildman–Crippen LogP) is 17.4. The first-order valence-electron chi connectivity index (χ1n) is 21.7. The molecule has 1 aliphatic rings. The van der Waals surface area contributed by atoms with E-state index in [9.17, 15) is 0 Å². The minimum Gasteiger partial charge on any atom is -0.456 e. The van der Waals surface area contributed by atoms with E-state index >= 15 is 0 Å². The van der Waals surface area contributed by atoms with E-state index in [1.54, 1.807) is 0 Å². The molecule has 1 aromatic heterocycles. The van der Waals surface area contributed by atoms with Crippen LogP contribution in [0.25, 0.3) is 76.5 Å². The van der Waals surface area contributed by atoms with Crippen molar-refractivity contribution >= 4 is 88.4 Å². The van der Waals surface area contributed by atoms with Crippen LogP contribution in [0.5, 0.6) is 11.5 Å². The molecule has 1 aliphatic heterocycles. The van der Waals surface area contributed by atoms with Crippen molar-refractivity contribution < 1.29 is 9.15 Å². The van der Waals surface area contributed by atoms with Gasteiger partial charge >= 0.3 is 0 Å². The van der Waals surface area contributed by atoms with E-state index in [-0.39, 0.29) is 0 Å². The fourth-order valence-corrected chi connectivity index (χ4v) is 9.94. The third kappa shape index (κ3) is 5.70. The van der Waals surface area contributed by atoms with Crippen molar-refractivity contribution in [1.29, 1.82) is 0 Å². The van der Waals surface area contributed by atoms with Crippen molar-refractivity contribution in [3.8, 4) is 33.8 Å². The van der Waals surface area contributed by atoms with Crippen LogP contribution in [0.15, 0.2) is 235 Å². The Bertz CT molecular complexity index is 3710. The smallest absolute Gasteiger partial charge is 0.159 e. The molecule has 0 saturated heterocycles. The number of hydrogen-bond acceptors (Lipinski definition) is 4. The van der Waals surface area contributed by atoms with Gasteiger partial charge in [-0.1, -0.05) is 133 Å². The van der Waals surface area contributed by atoms with Crippen LogP contribution in [0, 0.1) is 0 Å². The summed E-state index contributed by atoms with van der Waals surface area (Å²) in [5.41, 5.74) is 12.6. The Hall–Kier alpha value is -8.60. The number of para-hydroxylation sites is 5. The van der Waals surface area contributed by atoms with Crippen LogP contribution in [0.1, 0.15) is 0 Å². The standard InChI is InChI=1S/C60H38N2O2/c1-4-16-40(17-5-1)61(41-18-6-2-7-19-41)43-32-30-39(31-33-43)51-37-53-49-25-15-29-57-59(49)54(38-52(53)46-23-11-10-22-45(46)51)48-35-34-44(36-58(48)63-57)62(42-20-8-3-9-21-42)55-27-14-26-50-47-24-12-13-28-56(47)64-60(50)55/h1-38H. The fraction of sp³-hybridized carbons (Fsp3) is 0. The lowest BCUT2D eigenvalue weighted by Crippen LogP contribution is -2.10. The number of furan rings is 1. The van der Waals surface area contributed by atoms with Gasteiger partial charge in [-0.25, -0.2) is 0 Å². The van der Waals surface area contributed by atoms with Gasteiger partial charge in [-0.15, -0.1) is 0 Å². The number of hydrogen-bond donors (Lipinski definition) is 0. The molecule has 0 amide bonds. The molecule has 11 aromatic carbocycles. The highest BCUT2D eigenvalue weighted by Gasteiger charge is 2.26. The average molecular weight is 819 g/mol. The van der Waals surface area contributed by atoms with Gasteiger partial charge in [-0.05, 0) is 135 Å². The molecule has 12 aromatic rings. The number of anilines is 6. The minimum absolute atomic E-state index is 0.815. The van der Waals surface area contributed by atoms with E-state index < -0.39 is 0 Å². The predicted molar refractivity (Wildman–Crippen MR) is 267 cm³/mol. The van der Waals surface area contributed by atoms with Gasteiger partial charge in [0.1, 0.15) is 17.1 Å². The first kappa shape index (κ1) is 36.1. The Morgan fingerprint density at radius 1 is 0.297 bits per heavy atom. The summed E-state index contributed by atoms with van der Waals surface area (Å²) in [6.07, 6.45) is 0. The highest BCUT2D eigenvalue weighted by molar-refractivity contribution is 6.25. The molecule has 0 atom stereocenters. The fourth-order valence-electron chi connectivity index (χ4n) is 9.94. The van der Waals surface area contributed by atoms with Gasteiger partial charge in [-0.3, -0.25) is 0 Å². The van der Waals surface area contributed by atoms with Crippen molar-refractivity contribution in [2.45, 2.75) is 0 Å². The van der Waals surface area contributed by atoms with E-state index in [1.807, 2.05) is 12.1 Å². The number of fused-ring (bicyclic) bond motifs is 9. The molecule has 4 heteroatoms. The maximum atomic E-state index is 6.95. The zero-order chi connectivity index (χ0) is 42.1. The van der Waals surface area contributed by atoms with E-state index in [4.69, 9.17) is 9.15 Å². The highest BCUT2D eigenvalue weighted by atomic mass is 16.5. The monoisotopic (exact) mass is 818 g/mol. The molecule has 0 aliphatic carbocycles.